The minimum atomic E-state index is 0.0685. The normalized spacial score (nSPS) is 12.2. The molecule has 5 aromatic carbocycles. The third kappa shape index (κ3) is 2.41. The first kappa shape index (κ1) is 17.3. The van der Waals surface area contributed by atoms with Crippen molar-refractivity contribution in [2.75, 3.05) is 5.32 Å². The van der Waals surface area contributed by atoms with Crippen LogP contribution in [-0.2, 0) is 0 Å². The van der Waals surface area contributed by atoms with Crippen LogP contribution >= 0.6 is 11.6 Å². The minimum absolute atomic E-state index is 0.0685. The first-order valence-electron chi connectivity index (χ1n) is 9.86. The number of carbonyl (C=O) groups excluding carboxylic acids is 1. The van der Waals surface area contributed by atoms with Crippen molar-refractivity contribution in [1.82, 2.24) is 0 Å². The maximum absolute atomic E-state index is 13.1. The predicted octanol–water partition coefficient (Wildman–Crippen LogP) is 7.60. The van der Waals surface area contributed by atoms with Gasteiger partial charge in [0.1, 0.15) is 0 Å². The molecule has 30 heavy (non-hydrogen) atoms. The van der Waals surface area contributed by atoms with E-state index in [4.69, 9.17) is 11.6 Å². The SMILES string of the molecule is O=C1c2ccccc2-c2c1cc(Nc1ccc3ccccc3c1Cl)c1ccccc21. The van der Waals surface area contributed by atoms with E-state index in [2.05, 4.69) is 23.5 Å². The third-order valence-corrected chi connectivity index (χ3v) is 6.27. The van der Waals surface area contributed by atoms with Gasteiger partial charge in [0.15, 0.2) is 5.78 Å². The lowest BCUT2D eigenvalue weighted by atomic mass is 9.96. The molecule has 0 spiro atoms. The van der Waals surface area contributed by atoms with Gasteiger partial charge in [-0.25, -0.2) is 0 Å². The molecule has 0 aromatic heterocycles. The average molecular weight is 406 g/mol. The fourth-order valence-corrected chi connectivity index (χ4v) is 4.75. The van der Waals surface area contributed by atoms with Crippen molar-refractivity contribution >= 4 is 50.3 Å². The van der Waals surface area contributed by atoms with Gasteiger partial charge in [-0.3, -0.25) is 4.79 Å². The zero-order chi connectivity index (χ0) is 20.2. The Kier molecular flexibility index (Phi) is 3.71. The number of ketones is 1. The summed E-state index contributed by atoms with van der Waals surface area (Å²) in [5, 5.41) is 8.39. The van der Waals surface area contributed by atoms with E-state index in [0.717, 1.165) is 55.2 Å². The Morgan fingerprint density at radius 1 is 0.600 bits per heavy atom. The van der Waals surface area contributed by atoms with Gasteiger partial charge in [-0.1, -0.05) is 90.5 Å². The number of carbonyl (C=O) groups is 1. The van der Waals surface area contributed by atoms with E-state index in [-0.39, 0.29) is 5.78 Å². The number of rotatable bonds is 2. The molecule has 6 rings (SSSR count). The average Bonchev–Trinajstić information content (AvgIpc) is 3.08. The van der Waals surface area contributed by atoms with Gasteiger partial charge in [0.2, 0.25) is 0 Å². The molecule has 0 amide bonds. The first-order valence-corrected chi connectivity index (χ1v) is 10.2. The number of anilines is 2. The molecule has 0 saturated heterocycles. The van der Waals surface area contributed by atoms with E-state index in [9.17, 15) is 4.79 Å². The second kappa shape index (κ2) is 6.45. The zero-order valence-corrected chi connectivity index (χ0v) is 16.7. The van der Waals surface area contributed by atoms with E-state index in [1.165, 1.54) is 0 Å². The highest BCUT2D eigenvalue weighted by molar-refractivity contribution is 6.38. The van der Waals surface area contributed by atoms with Crippen molar-refractivity contribution in [3.63, 3.8) is 0 Å². The Labute approximate surface area is 178 Å². The topological polar surface area (TPSA) is 29.1 Å². The molecule has 0 saturated carbocycles. The van der Waals surface area contributed by atoms with E-state index >= 15 is 0 Å². The lowest BCUT2D eigenvalue weighted by Crippen LogP contribution is -1.99. The number of nitrogens with one attached hydrogen (secondary N) is 1. The van der Waals surface area contributed by atoms with Crippen molar-refractivity contribution < 1.29 is 4.79 Å². The summed E-state index contributed by atoms with van der Waals surface area (Å²) < 4.78 is 0. The Morgan fingerprint density at radius 2 is 1.27 bits per heavy atom. The van der Waals surface area contributed by atoms with Gasteiger partial charge in [0.05, 0.1) is 10.7 Å². The van der Waals surface area contributed by atoms with Crippen molar-refractivity contribution in [3.05, 3.63) is 107 Å². The highest BCUT2D eigenvalue weighted by Crippen LogP contribution is 2.45. The van der Waals surface area contributed by atoms with E-state index in [1.54, 1.807) is 0 Å². The second-order valence-corrected chi connectivity index (χ2v) is 7.92. The first-order chi connectivity index (χ1) is 14.7. The van der Waals surface area contributed by atoms with Gasteiger partial charge < -0.3 is 5.32 Å². The summed E-state index contributed by atoms with van der Waals surface area (Å²) in [7, 11) is 0. The smallest absolute Gasteiger partial charge is 0.194 e. The Morgan fingerprint density at radius 3 is 2.10 bits per heavy atom. The van der Waals surface area contributed by atoms with E-state index in [0.29, 0.717) is 5.02 Å². The van der Waals surface area contributed by atoms with Gasteiger partial charge in [-0.15, -0.1) is 0 Å². The summed E-state index contributed by atoms with van der Waals surface area (Å²) in [6.45, 7) is 0. The van der Waals surface area contributed by atoms with Crippen LogP contribution < -0.4 is 5.32 Å². The van der Waals surface area contributed by atoms with Crippen LogP contribution in [0.15, 0.2) is 91.0 Å². The van der Waals surface area contributed by atoms with Crippen LogP contribution in [0.5, 0.6) is 0 Å². The summed E-state index contributed by atoms with van der Waals surface area (Å²) in [6.07, 6.45) is 0. The summed E-state index contributed by atoms with van der Waals surface area (Å²) >= 11 is 6.73. The van der Waals surface area contributed by atoms with Crippen LogP contribution in [0.4, 0.5) is 11.4 Å². The largest absolute Gasteiger partial charge is 0.354 e. The van der Waals surface area contributed by atoms with Gasteiger partial charge in [-0.2, -0.15) is 0 Å². The van der Waals surface area contributed by atoms with Gasteiger partial charge >= 0.3 is 0 Å². The van der Waals surface area contributed by atoms with Crippen LogP contribution in [0.3, 0.4) is 0 Å². The van der Waals surface area contributed by atoms with Crippen LogP contribution in [-0.4, -0.2) is 5.78 Å². The summed E-state index contributed by atoms with van der Waals surface area (Å²) in [5.74, 6) is 0.0685. The summed E-state index contributed by atoms with van der Waals surface area (Å²) in [4.78, 5) is 13.1. The number of hydrogen-bond donors (Lipinski definition) is 1. The third-order valence-electron chi connectivity index (χ3n) is 5.86. The number of benzene rings is 5. The second-order valence-electron chi connectivity index (χ2n) is 7.54. The minimum Gasteiger partial charge on any atom is -0.354 e. The molecule has 1 aliphatic carbocycles. The van der Waals surface area contributed by atoms with Crippen molar-refractivity contribution in [1.29, 1.82) is 0 Å². The van der Waals surface area contributed by atoms with E-state index in [1.807, 2.05) is 72.8 Å². The lowest BCUT2D eigenvalue weighted by molar-refractivity contribution is 0.104. The summed E-state index contributed by atoms with van der Waals surface area (Å²) in [5.41, 5.74) is 5.21. The molecule has 0 fully saturated rings. The molecule has 0 heterocycles. The van der Waals surface area contributed by atoms with E-state index < -0.39 is 0 Å². The van der Waals surface area contributed by atoms with Crippen LogP contribution in [0.25, 0.3) is 32.7 Å². The fraction of sp³-hybridized carbons (Fsp3) is 0. The van der Waals surface area contributed by atoms with Gasteiger partial charge in [-0.05, 0) is 28.5 Å². The van der Waals surface area contributed by atoms with Crippen molar-refractivity contribution in [2.45, 2.75) is 0 Å². The highest BCUT2D eigenvalue weighted by Gasteiger charge is 2.29. The molecule has 2 nitrogen and oxygen atoms in total. The Hall–Kier alpha value is -3.62. The van der Waals surface area contributed by atoms with Crippen LogP contribution in [0, 0.1) is 0 Å². The molecular formula is C27H16ClNO. The van der Waals surface area contributed by atoms with Crippen LogP contribution in [0.1, 0.15) is 15.9 Å². The zero-order valence-electron chi connectivity index (χ0n) is 15.9. The lowest BCUT2D eigenvalue weighted by Gasteiger charge is -2.15. The quantitative estimate of drug-likeness (QED) is 0.321. The highest BCUT2D eigenvalue weighted by atomic mass is 35.5. The Bertz CT molecular complexity index is 1500. The Balaban J connectivity index is 1.58. The molecule has 3 heteroatoms. The monoisotopic (exact) mass is 405 g/mol. The molecule has 0 unspecified atom stereocenters. The maximum Gasteiger partial charge on any atom is 0.194 e. The molecule has 142 valence electrons. The molecular weight excluding hydrogens is 390 g/mol. The van der Waals surface area contributed by atoms with Gasteiger partial charge in [0.25, 0.3) is 0 Å². The standard InChI is InChI=1S/C27H16ClNO/c28-26-17-8-2-1-7-16(17)13-14-23(26)29-24-15-22-25(19-10-4-3-9-18(19)24)20-11-5-6-12-21(20)27(22)30/h1-15,29H. The molecule has 0 bridgehead atoms. The van der Waals surface area contributed by atoms with Crippen LogP contribution in [0.2, 0.25) is 5.02 Å². The number of fused-ring (bicyclic) bond motifs is 6. The number of halogens is 1. The fourth-order valence-electron chi connectivity index (χ4n) is 4.47. The molecule has 5 aromatic rings. The molecule has 0 aliphatic heterocycles. The molecule has 0 atom stereocenters. The molecule has 1 aliphatic rings. The molecule has 0 radical (unpaired) electrons. The maximum atomic E-state index is 13.1. The van der Waals surface area contributed by atoms with Crippen molar-refractivity contribution in [3.8, 4) is 11.1 Å². The predicted molar refractivity (Wildman–Crippen MR) is 125 cm³/mol. The van der Waals surface area contributed by atoms with Gasteiger partial charge in [0, 0.05) is 33.2 Å². The summed E-state index contributed by atoms with van der Waals surface area (Å²) in [6, 6.07) is 30.1. The number of hydrogen-bond acceptors (Lipinski definition) is 2. The van der Waals surface area contributed by atoms with Crippen molar-refractivity contribution in [2.24, 2.45) is 0 Å². The molecule has 1 N–H and O–H groups in total.